The average Bonchev–Trinajstić information content (AvgIpc) is 3.11. The molecule has 0 saturated carbocycles. The molecule has 3 N–H and O–H groups in total. The Kier molecular flexibility index (Phi) is 7.56. The summed E-state index contributed by atoms with van der Waals surface area (Å²) >= 11 is 8.21. The Balaban J connectivity index is 1.51. The number of carbonyl (C=O) groups is 2. The Morgan fingerprint density at radius 2 is 1.80 bits per heavy atom. The largest absolute Gasteiger partial charge is 0.332 e. The molecule has 0 fully saturated rings. The van der Waals surface area contributed by atoms with Crippen LogP contribution >= 0.6 is 35.3 Å². The molecule has 2 aromatic carbocycles. The van der Waals surface area contributed by atoms with Gasteiger partial charge >= 0.3 is 0 Å². The fourth-order valence-corrected chi connectivity index (χ4v) is 4.16. The zero-order chi connectivity index (χ0) is 21.5. The minimum absolute atomic E-state index is 0.0204. The van der Waals surface area contributed by atoms with E-state index in [1.165, 1.54) is 30.0 Å². The lowest BCUT2D eigenvalue weighted by molar-refractivity contribution is -0.113. The number of amides is 1. The van der Waals surface area contributed by atoms with E-state index < -0.39 is 0 Å². The Labute approximate surface area is 188 Å². The Hall–Kier alpha value is -2.75. The van der Waals surface area contributed by atoms with Gasteiger partial charge in [0.05, 0.1) is 11.4 Å². The first kappa shape index (κ1) is 21.9. The minimum Gasteiger partial charge on any atom is -0.332 e. The summed E-state index contributed by atoms with van der Waals surface area (Å²) in [6.07, 6.45) is 0. The topological polar surface area (TPSA) is 83.1 Å². The number of nitrogens with zero attached hydrogens (tertiary/aromatic N) is 1. The average molecular weight is 457 g/mol. The van der Waals surface area contributed by atoms with Crippen molar-refractivity contribution in [3.05, 3.63) is 65.2 Å². The number of hydrogen-bond donors (Lipinski definition) is 3. The highest BCUT2D eigenvalue weighted by molar-refractivity contribution is 8.00. The summed E-state index contributed by atoms with van der Waals surface area (Å²) in [6.45, 7) is 3.42. The lowest BCUT2D eigenvalue weighted by Crippen LogP contribution is -2.19. The molecule has 1 aromatic heterocycles. The third-order valence-corrected chi connectivity index (χ3v) is 5.95. The molecule has 0 saturated heterocycles. The molecule has 0 aliphatic rings. The number of thioether (sulfide) groups is 1. The van der Waals surface area contributed by atoms with Crippen LogP contribution in [0.15, 0.2) is 58.8 Å². The predicted octanol–water partition coefficient (Wildman–Crippen LogP) is 5.19. The zero-order valence-corrected chi connectivity index (χ0v) is 18.8. The number of Topliss-reactive ketones (excluding diaryl/α,β-unsaturated/α-hetero) is 1. The molecule has 3 rings (SSSR count). The molecule has 154 valence electrons. The quantitative estimate of drug-likeness (QED) is 0.256. The summed E-state index contributed by atoms with van der Waals surface area (Å²) in [6, 6.07) is 14.8. The lowest BCUT2D eigenvalue weighted by Gasteiger charge is -2.12. The van der Waals surface area contributed by atoms with Crippen molar-refractivity contribution in [2.45, 2.75) is 18.7 Å². The van der Waals surface area contributed by atoms with Crippen molar-refractivity contribution >= 4 is 68.6 Å². The van der Waals surface area contributed by atoms with Crippen molar-refractivity contribution in [1.29, 1.82) is 0 Å². The summed E-state index contributed by atoms with van der Waals surface area (Å²) in [5.74, 6) is 0.207. The van der Waals surface area contributed by atoms with Gasteiger partial charge in [0, 0.05) is 27.2 Å². The second-order valence-corrected chi connectivity index (χ2v) is 8.69. The third kappa shape index (κ3) is 6.65. The number of nitrogens with one attached hydrogen (secondary N) is 3. The number of aryl methyl sites for hydroxylation is 1. The first-order chi connectivity index (χ1) is 14.4. The summed E-state index contributed by atoms with van der Waals surface area (Å²) in [5.41, 5.74) is 3.14. The van der Waals surface area contributed by atoms with Gasteiger partial charge in [-0.3, -0.25) is 9.59 Å². The van der Waals surface area contributed by atoms with Crippen LogP contribution < -0.4 is 16.0 Å². The Bertz CT molecular complexity index is 1060. The van der Waals surface area contributed by atoms with E-state index in [9.17, 15) is 9.59 Å². The van der Waals surface area contributed by atoms with Gasteiger partial charge in [-0.15, -0.1) is 23.1 Å². The van der Waals surface area contributed by atoms with Crippen LogP contribution in [-0.4, -0.2) is 27.5 Å². The molecule has 1 amide bonds. The van der Waals surface area contributed by atoms with Gasteiger partial charge < -0.3 is 16.0 Å². The van der Waals surface area contributed by atoms with Crippen molar-refractivity contribution < 1.29 is 9.59 Å². The number of hydrogen-bond acceptors (Lipinski definition) is 6. The van der Waals surface area contributed by atoms with Gasteiger partial charge in [-0.05, 0) is 68.5 Å². The van der Waals surface area contributed by atoms with Crippen LogP contribution in [0.3, 0.4) is 0 Å². The van der Waals surface area contributed by atoms with Crippen LogP contribution in [0, 0.1) is 6.92 Å². The van der Waals surface area contributed by atoms with Crippen molar-refractivity contribution in [2.75, 3.05) is 21.7 Å². The summed E-state index contributed by atoms with van der Waals surface area (Å²) in [4.78, 5) is 28.6. The van der Waals surface area contributed by atoms with Crippen LogP contribution in [0.5, 0.6) is 0 Å². The summed E-state index contributed by atoms with van der Waals surface area (Å²) in [5, 5.41) is 12.0. The molecule has 0 atom stereocenters. The molecular formula is C21H20N4O2S3. The number of rotatable bonds is 7. The van der Waals surface area contributed by atoms with Crippen LogP contribution in [0.1, 0.15) is 23.0 Å². The fourth-order valence-electron chi connectivity index (χ4n) is 2.46. The van der Waals surface area contributed by atoms with E-state index in [0.29, 0.717) is 15.8 Å². The van der Waals surface area contributed by atoms with Crippen LogP contribution in [-0.2, 0) is 4.79 Å². The van der Waals surface area contributed by atoms with Gasteiger partial charge in [0.15, 0.2) is 16.0 Å². The Morgan fingerprint density at radius 3 is 2.47 bits per heavy atom. The minimum atomic E-state index is -0.0982. The van der Waals surface area contributed by atoms with Crippen molar-refractivity contribution in [3.63, 3.8) is 0 Å². The molecule has 0 radical (unpaired) electrons. The van der Waals surface area contributed by atoms with E-state index in [1.807, 2.05) is 36.6 Å². The lowest BCUT2D eigenvalue weighted by atomic mass is 10.1. The molecule has 3 aromatic rings. The van der Waals surface area contributed by atoms with Gasteiger partial charge in [0.1, 0.15) is 0 Å². The van der Waals surface area contributed by atoms with E-state index in [2.05, 4.69) is 20.9 Å². The molecule has 0 unspecified atom stereocenters. The zero-order valence-electron chi connectivity index (χ0n) is 16.4. The van der Waals surface area contributed by atoms with Crippen LogP contribution in [0.25, 0.3) is 0 Å². The van der Waals surface area contributed by atoms with Crippen LogP contribution in [0.4, 0.5) is 16.5 Å². The molecule has 9 heteroatoms. The highest BCUT2D eigenvalue weighted by Crippen LogP contribution is 2.23. The maximum absolute atomic E-state index is 12.1. The van der Waals surface area contributed by atoms with Gasteiger partial charge in [0.2, 0.25) is 5.91 Å². The van der Waals surface area contributed by atoms with E-state index in [-0.39, 0.29) is 17.4 Å². The predicted molar refractivity (Wildman–Crippen MR) is 129 cm³/mol. The number of carbonyl (C=O) groups excluding carboxylic acids is 2. The molecular weight excluding hydrogens is 436 g/mol. The molecule has 6 nitrogen and oxygen atoms in total. The second-order valence-electron chi connectivity index (χ2n) is 6.37. The van der Waals surface area contributed by atoms with Crippen molar-refractivity contribution in [3.8, 4) is 0 Å². The number of ketones is 1. The van der Waals surface area contributed by atoms with E-state index >= 15 is 0 Å². The van der Waals surface area contributed by atoms with Gasteiger partial charge in [-0.2, -0.15) is 0 Å². The number of benzene rings is 2. The van der Waals surface area contributed by atoms with Gasteiger partial charge in [0.25, 0.3) is 0 Å². The van der Waals surface area contributed by atoms with E-state index in [1.54, 1.807) is 24.3 Å². The first-order valence-electron chi connectivity index (χ1n) is 9.03. The highest BCUT2D eigenvalue weighted by Gasteiger charge is 2.07. The fraction of sp³-hybridized carbons (Fsp3) is 0.143. The van der Waals surface area contributed by atoms with E-state index in [0.717, 1.165) is 22.0 Å². The summed E-state index contributed by atoms with van der Waals surface area (Å²) < 4.78 is 0. The molecule has 0 bridgehead atoms. The smallest absolute Gasteiger partial charge is 0.236 e. The van der Waals surface area contributed by atoms with Crippen LogP contribution in [0.2, 0.25) is 0 Å². The van der Waals surface area contributed by atoms with E-state index in [4.69, 9.17) is 12.2 Å². The molecule has 0 aliphatic carbocycles. The van der Waals surface area contributed by atoms with Gasteiger partial charge in [-0.25, -0.2) is 4.98 Å². The monoisotopic (exact) mass is 456 g/mol. The summed E-state index contributed by atoms with van der Waals surface area (Å²) in [7, 11) is 0. The normalized spacial score (nSPS) is 10.3. The molecule has 0 spiro atoms. The van der Waals surface area contributed by atoms with Crippen molar-refractivity contribution in [2.24, 2.45) is 0 Å². The second kappa shape index (κ2) is 10.3. The standard InChI is InChI=1S/C21H20N4O2S3/c1-13-11-30-21(22-13)25-19(27)12-29-18-5-3-4-17(10-18)24-20(28)23-16-8-6-15(7-9-16)14(2)26/h3-11H,12H2,1-2H3,(H,22,25,27)(H2,23,24,28). The highest BCUT2D eigenvalue weighted by atomic mass is 32.2. The number of thiocarbonyl (C=S) groups is 1. The Morgan fingerprint density at radius 1 is 1.07 bits per heavy atom. The number of anilines is 3. The number of aromatic nitrogens is 1. The first-order valence-corrected chi connectivity index (χ1v) is 11.3. The number of thiazole rings is 1. The maximum Gasteiger partial charge on any atom is 0.236 e. The van der Waals surface area contributed by atoms with Gasteiger partial charge in [-0.1, -0.05) is 6.07 Å². The third-order valence-electron chi connectivity index (χ3n) is 3.88. The molecule has 30 heavy (non-hydrogen) atoms. The molecule has 0 aliphatic heterocycles. The SMILES string of the molecule is CC(=O)c1ccc(NC(=S)Nc2cccc(SCC(=O)Nc3nc(C)cs3)c2)cc1. The molecule has 1 heterocycles. The van der Waals surface area contributed by atoms with Crippen molar-refractivity contribution in [1.82, 2.24) is 4.98 Å². The maximum atomic E-state index is 12.1.